The summed E-state index contributed by atoms with van der Waals surface area (Å²) in [6, 6.07) is 10.7. The van der Waals surface area contributed by atoms with Crippen molar-refractivity contribution < 1.29 is 0 Å². The molecule has 1 heterocycles. The van der Waals surface area contributed by atoms with E-state index in [-0.39, 0.29) is 0 Å². The second-order valence-corrected chi connectivity index (χ2v) is 4.24. The molecular formula is C13H18N4. The lowest BCUT2D eigenvalue weighted by Gasteiger charge is -2.13. The van der Waals surface area contributed by atoms with Gasteiger partial charge in [0.05, 0.1) is 6.54 Å². The standard InChI is InChI=1S/C13H18N4/c1-10(12-7-5-4-6-8-12)14-9-13-16-15-11(2)17(13)3/h4-8,10,14H,9H2,1-3H3/t10-/m0/s1. The molecule has 0 saturated heterocycles. The van der Waals surface area contributed by atoms with Crippen LogP contribution in [0.25, 0.3) is 0 Å². The maximum Gasteiger partial charge on any atom is 0.146 e. The van der Waals surface area contributed by atoms with Gasteiger partial charge in [-0.05, 0) is 19.4 Å². The molecule has 1 N–H and O–H groups in total. The van der Waals surface area contributed by atoms with Crippen molar-refractivity contribution in [3.63, 3.8) is 0 Å². The Hall–Kier alpha value is -1.68. The highest BCUT2D eigenvalue weighted by Crippen LogP contribution is 2.11. The quantitative estimate of drug-likeness (QED) is 0.873. The average molecular weight is 230 g/mol. The van der Waals surface area contributed by atoms with Gasteiger partial charge in [-0.15, -0.1) is 10.2 Å². The van der Waals surface area contributed by atoms with Gasteiger partial charge in [-0.1, -0.05) is 30.3 Å². The van der Waals surface area contributed by atoms with Crippen molar-refractivity contribution in [3.8, 4) is 0 Å². The van der Waals surface area contributed by atoms with Gasteiger partial charge in [-0.2, -0.15) is 0 Å². The van der Waals surface area contributed by atoms with Crippen LogP contribution in [-0.2, 0) is 13.6 Å². The van der Waals surface area contributed by atoms with Crippen LogP contribution in [0.4, 0.5) is 0 Å². The first-order valence-corrected chi connectivity index (χ1v) is 5.81. The Bertz CT molecular complexity index is 475. The minimum absolute atomic E-state index is 0.313. The van der Waals surface area contributed by atoms with E-state index in [1.807, 2.05) is 24.6 Å². The van der Waals surface area contributed by atoms with Crippen molar-refractivity contribution in [3.05, 3.63) is 47.5 Å². The molecule has 90 valence electrons. The summed E-state index contributed by atoms with van der Waals surface area (Å²) in [5.74, 6) is 1.90. The predicted octanol–water partition coefficient (Wildman–Crippen LogP) is 1.97. The van der Waals surface area contributed by atoms with Crippen molar-refractivity contribution in [1.29, 1.82) is 0 Å². The molecule has 1 aromatic carbocycles. The molecule has 1 atom stereocenters. The third-order valence-electron chi connectivity index (χ3n) is 3.05. The lowest BCUT2D eigenvalue weighted by Crippen LogP contribution is -2.20. The van der Waals surface area contributed by atoms with Crippen LogP contribution in [0.2, 0.25) is 0 Å². The Kier molecular flexibility index (Phi) is 3.54. The highest BCUT2D eigenvalue weighted by atomic mass is 15.3. The average Bonchev–Trinajstić information content (AvgIpc) is 2.68. The van der Waals surface area contributed by atoms with Crippen molar-refractivity contribution >= 4 is 0 Å². The molecule has 17 heavy (non-hydrogen) atoms. The molecule has 0 aliphatic heterocycles. The number of benzene rings is 1. The van der Waals surface area contributed by atoms with Gasteiger partial charge in [0.15, 0.2) is 0 Å². The lowest BCUT2D eigenvalue weighted by molar-refractivity contribution is 0.547. The van der Waals surface area contributed by atoms with Crippen molar-refractivity contribution in [2.45, 2.75) is 26.4 Å². The number of nitrogens with one attached hydrogen (secondary N) is 1. The first kappa shape index (κ1) is 11.8. The zero-order chi connectivity index (χ0) is 12.3. The maximum atomic E-state index is 4.13. The first-order chi connectivity index (χ1) is 8.18. The van der Waals surface area contributed by atoms with Crippen LogP contribution in [0.5, 0.6) is 0 Å². The van der Waals surface area contributed by atoms with Crippen LogP contribution in [0.1, 0.15) is 30.2 Å². The SMILES string of the molecule is Cc1nnc(CN[C@@H](C)c2ccccc2)n1C. The monoisotopic (exact) mass is 230 g/mol. The lowest BCUT2D eigenvalue weighted by atomic mass is 10.1. The number of aromatic nitrogens is 3. The second kappa shape index (κ2) is 5.10. The number of hydrogen-bond donors (Lipinski definition) is 1. The Balaban J connectivity index is 1.97. The summed E-state index contributed by atoms with van der Waals surface area (Å²) in [6.45, 7) is 4.84. The zero-order valence-electron chi connectivity index (χ0n) is 10.5. The highest BCUT2D eigenvalue weighted by Gasteiger charge is 2.08. The summed E-state index contributed by atoms with van der Waals surface area (Å²) in [5, 5.41) is 11.6. The summed E-state index contributed by atoms with van der Waals surface area (Å²) < 4.78 is 2.00. The van der Waals surface area contributed by atoms with Gasteiger partial charge in [-0.3, -0.25) is 0 Å². The molecule has 0 bridgehead atoms. The van der Waals surface area contributed by atoms with E-state index in [2.05, 4.69) is 46.7 Å². The van der Waals surface area contributed by atoms with E-state index in [0.717, 1.165) is 18.2 Å². The largest absolute Gasteiger partial charge is 0.317 e. The smallest absolute Gasteiger partial charge is 0.146 e. The van der Waals surface area contributed by atoms with E-state index in [1.165, 1.54) is 5.56 Å². The van der Waals surface area contributed by atoms with E-state index in [9.17, 15) is 0 Å². The number of hydrogen-bond acceptors (Lipinski definition) is 3. The molecule has 0 radical (unpaired) electrons. The molecule has 0 saturated carbocycles. The van der Waals surface area contributed by atoms with Crippen LogP contribution in [-0.4, -0.2) is 14.8 Å². The molecule has 1 aromatic heterocycles. The van der Waals surface area contributed by atoms with Crippen molar-refractivity contribution in [1.82, 2.24) is 20.1 Å². The van der Waals surface area contributed by atoms with Crippen LogP contribution in [0.15, 0.2) is 30.3 Å². The van der Waals surface area contributed by atoms with Gasteiger partial charge in [0.25, 0.3) is 0 Å². The fourth-order valence-electron chi connectivity index (χ4n) is 1.71. The van der Waals surface area contributed by atoms with Gasteiger partial charge in [-0.25, -0.2) is 0 Å². The summed E-state index contributed by atoms with van der Waals surface area (Å²) in [4.78, 5) is 0. The zero-order valence-corrected chi connectivity index (χ0v) is 10.5. The molecule has 0 amide bonds. The molecule has 4 nitrogen and oxygen atoms in total. The Labute approximate surface area is 102 Å². The number of nitrogens with zero attached hydrogens (tertiary/aromatic N) is 3. The topological polar surface area (TPSA) is 42.7 Å². The second-order valence-electron chi connectivity index (χ2n) is 4.24. The van der Waals surface area contributed by atoms with Crippen molar-refractivity contribution in [2.24, 2.45) is 7.05 Å². The van der Waals surface area contributed by atoms with E-state index in [1.54, 1.807) is 0 Å². The fourth-order valence-corrected chi connectivity index (χ4v) is 1.71. The molecule has 0 aliphatic rings. The van der Waals surface area contributed by atoms with E-state index < -0.39 is 0 Å². The van der Waals surface area contributed by atoms with Crippen molar-refractivity contribution in [2.75, 3.05) is 0 Å². The van der Waals surface area contributed by atoms with Crippen LogP contribution < -0.4 is 5.32 Å². The normalized spacial score (nSPS) is 12.6. The minimum Gasteiger partial charge on any atom is -0.317 e. The molecule has 0 fully saturated rings. The van der Waals surface area contributed by atoms with Gasteiger partial charge >= 0.3 is 0 Å². The molecule has 0 unspecified atom stereocenters. The molecule has 2 rings (SSSR count). The molecule has 0 aliphatic carbocycles. The predicted molar refractivity (Wildman–Crippen MR) is 67.4 cm³/mol. The summed E-state index contributed by atoms with van der Waals surface area (Å²) >= 11 is 0. The van der Waals surface area contributed by atoms with Gasteiger partial charge in [0.2, 0.25) is 0 Å². The Morgan fingerprint density at radius 1 is 1.24 bits per heavy atom. The van der Waals surface area contributed by atoms with Gasteiger partial charge < -0.3 is 9.88 Å². The number of rotatable bonds is 4. The number of aryl methyl sites for hydroxylation is 1. The van der Waals surface area contributed by atoms with E-state index in [4.69, 9.17) is 0 Å². The molecule has 2 aromatic rings. The van der Waals surface area contributed by atoms with Gasteiger partial charge in [0, 0.05) is 13.1 Å². The van der Waals surface area contributed by atoms with Crippen LogP contribution >= 0.6 is 0 Å². The van der Waals surface area contributed by atoms with E-state index >= 15 is 0 Å². The molecule has 0 spiro atoms. The third kappa shape index (κ3) is 2.71. The Morgan fingerprint density at radius 2 is 1.94 bits per heavy atom. The minimum atomic E-state index is 0.313. The summed E-state index contributed by atoms with van der Waals surface area (Å²) in [7, 11) is 1.99. The third-order valence-corrected chi connectivity index (χ3v) is 3.05. The summed E-state index contributed by atoms with van der Waals surface area (Å²) in [5.41, 5.74) is 1.28. The van der Waals surface area contributed by atoms with Gasteiger partial charge in [0.1, 0.15) is 11.6 Å². The first-order valence-electron chi connectivity index (χ1n) is 5.81. The fraction of sp³-hybridized carbons (Fsp3) is 0.385. The Morgan fingerprint density at radius 3 is 2.53 bits per heavy atom. The highest BCUT2D eigenvalue weighted by molar-refractivity contribution is 5.18. The summed E-state index contributed by atoms with van der Waals surface area (Å²) in [6.07, 6.45) is 0. The van der Waals surface area contributed by atoms with Crippen LogP contribution in [0.3, 0.4) is 0 Å². The van der Waals surface area contributed by atoms with E-state index in [0.29, 0.717) is 6.04 Å². The molecule has 4 heteroatoms. The van der Waals surface area contributed by atoms with Crippen LogP contribution in [0, 0.1) is 6.92 Å². The maximum absolute atomic E-state index is 4.13. The molecular weight excluding hydrogens is 212 g/mol.